The number of aryl methyl sites for hydroxylation is 1. The second-order valence-corrected chi connectivity index (χ2v) is 5.48. The molecule has 2 atom stereocenters. The fourth-order valence-corrected chi connectivity index (χ4v) is 2.80. The van der Waals surface area contributed by atoms with Crippen LogP contribution in [0.2, 0.25) is 0 Å². The van der Waals surface area contributed by atoms with Gasteiger partial charge in [0.2, 0.25) is 0 Å². The maximum Gasteiger partial charge on any atom is 0.123 e. The Hall–Kier alpha value is -1.87. The Balaban J connectivity index is 2.44. The van der Waals surface area contributed by atoms with Crippen LogP contribution in [-0.2, 0) is 0 Å². The number of nitrogens with two attached hydrogens (primary N) is 1. The van der Waals surface area contributed by atoms with E-state index in [1.165, 1.54) is 11.6 Å². The molecule has 2 aromatic rings. The highest BCUT2D eigenvalue weighted by atomic mass is 19.1. The monoisotopic (exact) mass is 286 g/mol. The van der Waals surface area contributed by atoms with Gasteiger partial charge in [0, 0.05) is 18.3 Å². The maximum atomic E-state index is 13.6. The predicted molar refractivity (Wildman–Crippen MR) is 87.0 cm³/mol. The number of benzene rings is 2. The number of hydrogen-bond acceptors (Lipinski definition) is 2. The lowest BCUT2D eigenvalue weighted by Gasteiger charge is -2.36. The van der Waals surface area contributed by atoms with Crippen LogP contribution in [-0.4, -0.2) is 12.6 Å². The Morgan fingerprint density at radius 2 is 1.86 bits per heavy atom. The lowest BCUT2D eigenvalue weighted by atomic mass is 9.98. The molecule has 0 fully saturated rings. The summed E-state index contributed by atoms with van der Waals surface area (Å²) >= 11 is 0. The summed E-state index contributed by atoms with van der Waals surface area (Å²) in [5.41, 5.74) is 9.43. The summed E-state index contributed by atoms with van der Waals surface area (Å²) in [5, 5.41) is 0. The summed E-state index contributed by atoms with van der Waals surface area (Å²) in [6.07, 6.45) is 0. The average molecular weight is 286 g/mol. The van der Waals surface area contributed by atoms with Crippen molar-refractivity contribution >= 4 is 5.69 Å². The van der Waals surface area contributed by atoms with Gasteiger partial charge in [-0.25, -0.2) is 4.39 Å². The molecule has 0 radical (unpaired) electrons. The van der Waals surface area contributed by atoms with E-state index in [0.717, 1.165) is 17.8 Å². The quantitative estimate of drug-likeness (QED) is 0.898. The number of anilines is 1. The standard InChI is InChI=1S/C18H23FN2/c1-4-21(17-10-5-7-13(2)11-17)18(14(3)20)15-8-6-9-16(19)12-15/h5-12,14,18H,4,20H2,1-3H3. The molecule has 0 saturated carbocycles. The molecule has 0 spiro atoms. The molecular weight excluding hydrogens is 263 g/mol. The third-order valence-electron chi connectivity index (χ3n) is 3.70. The van der Waals surface area contributed by atoms with Crippen LogP contribution in [0.25, 0.3) is 0 Å². The van der Waals surface area contributed by atoms with E-state index in [1.54, 1.807) is 12.1 Å². The summed E-state index contributed by atoms with van der Waals surface area (Å²) in [5.74, 6) is -0.224. The van der Waals surface area contributed by atoms with E-state index < -0.39 is 0 Å². The van der Waals surface area contributed by atoms with E-state index in [0.29, 0.717) is 0 Å². The van der Waals surface area contributed by atoms with Crippen molar-refractivity contribution in [3.05, 3.63) is 65.5 Å². The number of hydrogen-bond donors (Lipinski definition) is 1. The van der Waals surface area contributed by atoms with Crippen LogP contribution in [0, 0.1) is 12.7 Å². The first kappa shape index (κ1) is 15.5. The van der Waals surface area contributed by atoms with E-state index >= 15 is 0 Å². The highest BCUT2D eigenvalue weighted by Gasteiger charge is 2.23. The van der Waals surface area contributed by atoms with Crippen molar-refractivity contribution in [3.63, 3.8) is 0 Å². The molecule has 2 aromatic carbocycles. The van der Waals surface area contributed by atoms with Gasteiger partial charge in [-0.15, -0.1) is 0 Å². The Bertz CT molecular complexity index is 595. The molecule has 2 rings (SSSR count). The summed E-state index contributed by atoms with van der Waals surface area (Å²) in [6.45, 7) is 6.94. The Morgan fingerprint density at radius 1 is 1.14 bits per heavy atom. The van der Waals surface area contributed by atoms with Gasteiger partial charge in [-0.05, 0) is 56.2 Å². The van der Waals surface area contributed by atoms with Crippen LogP contribution >= 0.6 is 0 Å². The fraction of sp³-hybridized carbons (Fsp3) is 0.333. The second kappa shape index (κ2) is 6.72. The van der Waals surface area contributed by atoms with E-state index in [9.17, 15) is 4.39 Å². The average Bonchev–Trinajstić information content (AvgIpc) is 2.44. The van der Waals surface area contributed by atoms with Gasteiger partial charge in [-0.2, -0.15) is 0 Å². The van der Waals surface area contributed by atoms with E-state index in [2.05, 4.69) is 36.9 Å². The summed E-state index contributed by atoms with van der Waals surface area (Å²) in [7, 11) is 0. The van der Waals surface area contributed by atoms with E-state index in [1.807, 2.05) is 19.1 Å². The molecule has 0 aliphatic rings. The highest BCUT2D eigenvalue weighted by molar-refractivity contribution is 5.51. The van der Waals surface area contributed by atoms with Gasteiger partial charge >= 0.3 is 0 Å². The molecule has 0 bridgehead atoms. The highest BCUT2D eigenvalue weighted by Crippen LogP contribution is 2.29. The number of nitrogens with zero attached hydrogens (tertiary/aromatic N) is 1. The molecule has 2 unspecified atom stereocenters. The normalized spacial score (nSPS) is 13.8. The minimum absolute atomic E-state index is 0.0486. The molecule has 2 N–H and O–H groups in total. The minimum atomic E-state index is -0.224. The topological polar surface area (TPSA) is 29.3 Å². The molecule has 0 saturated heterocycles. The van der Waals surface area contributed by atoms with E-state index in [-0.39, 0.29) is 17.9 Å². The van der Waals surface area contributed by atoms with Gasteiger partial charge < -0.3 is 10.6 Å². The smallest absolute Gasteiger partial charge is 0.123 e. The lowest BCUT2D eigenvalue weighted by Crippen LogP contribution is -2.39. The van der Waals surface area contributed by atoms with Crippen molar-refractivity contribution in [1.29, 1.82) is 0 Å². The zero-order valence-corrected chi connectivity index (χ0v) is 12.9. The molecule has 0 aliphatic carbocycles. The first-order valence-electron chi connectivity index (χ1n) is 7.37. The minimum Gasteiger partial charge on any atom is -0.363 e. The SMILES string of the molecule is CCN(c1cccc(C)c1)C(c1cccc(F)c1)C(C)N. The summed E-state index contributed by atoms with van der Waals surface area (Å²) in [4.78, 5) is 2.23. The molecular formula is C18H23FN2. The molecule has 112 valence electrons. The van der Waals surface area contributed by atoms with E-state index in [4.69, 9.17) is 5.73 Å². The van der Waals surface area contributed by atoms with Crippen LogP contribution in [0.5, 0.6) is 0 Å². The Labute approximate surface area is 126 Å². The van der Waals surface area contributed by atoms with Crippen LogP contribution < -0.4 is 10.6 Å². The Morgan fingerprint density at radius 3 is 2.43 bits per heavy atom. The van der Waals surface area contributed by atoms with Gasteiger partial charge in [-0.3, -0.25) is 0 Å². The molecule has 0 aromatic heterocycles. The third-order valence-corrected chi connectivity index (χ3v) is 3.70. The van der Waals surface area contributed by atoms with Crippen molar-refractivity contribution in [2.45, 2.75) is 32.9 Å². The first-order valence-corrected chi connectivity index (χ1v) is 7.37. The third kappa shape index (κ3) is 3.61. The fourth-order valence-electron chi connectivity index (χ4n) is 2.80. The summed E-state index contributed by atoms with van der Waals surface area (Å²) in [6, 6.07) is 14.9. The van der Waals surface area contributed by atoms with Gasteiger partial charge in [0.05, 0.1) is 6.04 Å². The van der Waals surface area contributed by atoms with Crippen molar-refractivity contribution in [1.82, 2.24) is 0 Å². The van der Waals surface area contributed by atoms with Crippen molar-refractivity contribution in [2.24, 2.45) is 5.73 Å². The predicted octanol–water partition coefficient (Wildman–Crippen LogP) is 4.05. The van der Waals surface area contributed by atoms with Gasteiger partial charge in [0.15, 0.2) is 0 Å². The zero-order valence-electron chi connectivity index (χ0n) is 12.9. The second-order valence-electron chi connectivity index (χ2n) is 5.48. The van der Waals surface area contributed by atoms with Crippen molar-refractivity contribution in [3.8, 4) is 0 Å². The van der Waals surface area contributed by atoms with Gasteiger partial charge in [-0.1, -0.05) is 24.3 Å². The zero-order chi connectivity index (χ0) is 15.4. The van der Waals surface area contributed by atoms with Crippen molar-refractivity contribution in [2.75, 3.05) is 11.4 Å². The number of likely N-dealkylation sites (N-methyl/N-ethyl adjacent to an activating group) is 1. The molecule has 0 aliphatic heterocycles. The maximum absolute atomic E-state index is 13.6. The molecule has 2 nitrogen and oxygen atoms in total. The van der Waals surface area contributed by atoms with Gasteiger partial charge in [0.1, 0.15) is 5.82 Å². The van der Waals surface area contributed by atoms with Crippen LogP contribution in [0.3, 0.4) is 0 Å². The molecule has 3 heteroatoms. The molecule has 0 heterocycles. The van der Waals surface area contributed by atoms with Crippen LogP contribution in [0.1, 0.15) is 31.0 Å². The van der Waals surface area contributed by atoms with Crippen molar-refractivity contribution < 1.29 is 4.39 Å². The lowest BCUT2D eigenvalue weighted by molar-refractivity contribution is 0.532. The largest absolute Gasteiger partial charge is 0.363 e. The van der Waals surface area contributed by atoms with Crippen LogP contribution in [0.4, 0.5) is 10.1 Å². The van der Waals surface area contributed by atoms with Gasteiger partial charge in [0.25, 0.3) is 0 Å². The van der Waals surface area contributed by atoms with Crippen LogP contribution in [0.15, 0.2) is 48.5 Å². The summed E-state index contributed by atoms with van der Waals surface area (Å²) < 4.78 is 13.6. The number of rotatable bonds is 5. The molecule has 0 amide bonds. The Kier molecular flexibility index (Phi) is 4.97. The number of halogens is 1. The molecule has 21 heavy (non-hydrogen) atoms. The first-order chi connectivity index (χ1) is 10.0.